The average molecular weight is 574 g/mol. The Balaban J connectivity index is 2.86. The Morgan fingerprint density at radius 3 is 2.08 bits per heavy atom. The first-order valence-corrected chi connectivity index (χ1v) is 14.3. The van der Waals surface area contributed by atoms with Crippen molar-refractivity contribution in [2.75, 3.05) is 20.2 Å². The quantitative estimate of drug-likeness (QED) is 0.104. The maximum atomic E-state index is 13.1. The van der Waals surface area contributed by atoms with E-state index in [0.717, 1.165) is 38.5 Å². The third kappa shape index (κ3) is 15.3. The number of carbonyl (C=O) groups excluding carboxylic acids is 3. The molecular formula is C25H40N3O10P. The number of phosphoric acid groups is 1. The molecule has 0 fully saturated rings. The summed E-state index contributed by atoms with van der Waals surface area (Å²) in [6, 6.07) is 3.34. The Kier molecular flexibility index (Phi) is 15.3. The van der Waals surface area contributed by atoms with Crippen LogP contribution in [0.25, 0.3) is 0 Å². The number of unbranched alkanes of at least 4 members (excludes halogenated alkanes) is 5. The van der Waals surface area contributed by atoms with Crippen LogP contribution in [0.3, 0.4) is 0 Å². The number of hydrogen-bond acceptors (Lipinski definition) is 7. The summed E-state index contributed by atoms with van der Waals surface area (Å²) in [5.74, 6) is -2.82. The number of phosphoric ester groups is 1. The lowest BCUT2D eigenvalue weighted by Gasteiger charge is -2.26. The van der Waals surface area contributed by atoms with Gasteiger partial charge in [-0.05, 0) is 37.0 Å². The number of aliphatic carboxylic acids is 1. The van der Waals surface area contributed by atoms with Gasteiger partial charge in [0, 0.05) is 40.0 Å². The molecule has 3 amide bonds. The van der Waals surface area contributed by atoms with Gasteiger partial charge in [-0.15, -0.1) is 0 Å². The first-order valence-electron chi connectivity index (χ1n) is 12.8. The van der Waals surface area contributed by atoms with Crippen LogP contribution in [0.1, 0.15) is 63.9 Å². The summed E-state index contributed by atoms with van der Waals surface area (Å²) >= 11 is 0. The maximum Gasteiger partial charge on any atom is 0.524 e. The third-order valence-corrected chi connectivity index (χ3v) is 6.27. The number of carboxylic acid groups (broad SMARTS) is 1. The van der Waals surface area contributed by atoms with Crippen LogP contribution >= 0.6 is 7.82 Å². The van der Waals surface area contributed by atoms with Crippen LogP contribution < -0.4 is 15.2 Å². The lowest BCUT2D eigenvalue weighted by atomic mass is 10.0. The standard InChI is InChI=1S/C25H40N3O10P/c1-18(30)26-22(17-19-9-11-20(12-10-19)38-39(35,36)37)24(33)27-21(13-14-23(31)32)25(34)28(2)15-7-5-3-4-6-8-16-29/h9-12,21-22,29H,3-8,13-17H2,1-2H3,(H,26,30)(H,27,33)(H,31,32)(H2,35,36,37)/t21-,22-/m0/s1. The number of rotatable bonds is 19. The highest BCUT2D eigenvalue weighted by molar-refractivity contribution is 7.46. The molecule has 1 aromatic rings. The molecule has 0 saturated carbocycles. The van der Waals surface area contributed by atoms with E-state index in [2.05, 4.69) is 15.2 Å². The minimum atomic E-state index is -4.73. The molecule has 0 aliphatic carbocycles. The minimum absolute atomic E-state index is 0.00638. The molecule has 1 aromatic carbocycles. The van der Waals surface area contributed by atoms with Crippen molar-refractivity contribution >= 4 is 31.5 Å². The second-order valence-electron chi connectivity index (χ2n) is 9.28. The van der Waals surface area contributed by atoms with Crippen LogP contribution in [0, 0.1) is 0 Å². The van der Waals surface area contributed by atoms with Gasteiger partial charge in [-0.3, -0.25) is 29.0 Å². The highest BCUT2D eigenvalue weighted by Crippen LogP contribution is 2.37. The fourth-order valence-electron chi connectivity index (χ4n) is 3.86. The van der Waals surface area contributed by atoms with Gasteiger partial charge in [0.05, 0.1) is 0 Å². The van der Waals surface area contributed by atoms with Crippen LogP contribution in [-0.4, -0.2) is 80.9 Å². The van der Waals surface area contributed by atoms with Gasteiger partial charge in [0.25, 0.3) is 0 Å². The van der Waals surface area contributed by atoms with Gasteiger partial charge in [-0.25, -0.2) is 4.57 Å². The van der Waals surface area contributed by atoms with Crippen molar-refractivity contribution in [2.45, 2.75) is 76.8 Å². The Morgan fingerprint density at radius 2 is 1.54 bits per heavy atom. The smallest absolute Gasteiger partial charge is 0.481 e. The van der Waals surface area contributed by atoms with E-state index in [1.807, 2.05) is 0 Å². The largest absolute Gasteiger partial charge is 0.524 e. The zero-order valence-electron chi connectivity index (χ0n) is 22.4. The SMILES string of the molecule is CC(=O)N[C@@H](Cc1ccc(OP(=O)(O)O)cc1)C(=O)N[C@@H](CCC(=O)O)C(=O)N(C)CCCCCCCCO. The molecule has 0 heterocycles. The van der Waals surface area contributed by atoms with Crippen molar-refractivity contribution in [1.29, 1.82) is 0 Å². The fourth-order valence-corrected chi connectivity index (χ4v) is 4.25. The number of carbonyl (C=O) groups is 4. The molecule has 1 rings (SSSR count). The number of benzene rings is 1. The van der Waals surface area contributed by atoms with Crippen LogP contribution in [0.2, 0.25) is 0 Å². The van der Waals surface area contributed by atoms with Gasteiger partial charge in [-0.1, -0.05) is 37.8 Å². The monoisotopic (exact) mass is 573 g/mol. The van der Waals surface area contributed by atoms with Gasteiger partial charge >= 0.3 is 13.8 Å². The molecule has 0 bridgehead atoms. The molecule has 0 aromatic heterocycles. The molecule has 0 aliphatic rings. The lowest BCUT2D eigenvalue weighted by Crippen LogP contribution is -2.54. The van der Waals surface area contributed by atoms with Crippen LogP contribution in [0.15, 0.2) is 24.3 Å². The van der Waals surface area contributed by atoms with E-state index in [9.17, 15) is 23.7 Å². The Morgan fingerprint density at radius 1 is 0.949 bits per heavy atom. The lowest BCUT2D eigenvalue weighted by molar-refractivity contribution is -0.139. The summed E-state index contributed by atoms with van der Waals surface area (Å²) in [5.41, 5.74) is 0.534. The molecule has 0 unspecified atom stereocenters. The molecule has 220 valence electrons. The predicted octanol–water partition coefficient (Wildman–Crippen LogP) is 1.35. The van der Waals surface area contributed by atoms with E-state index in [1.54, 1.807) is 7.05 Å². The van der Waals surface area contributed by atoms with Gasteiger partial charge in [-0.2, -0.15) is 0 Å². The summed E-state index contributed by atoms with van der Waals surface area (Å²) in [6.45, 7) is 1.82. The summed E-state index contributed by atoms with van der Waals surface area (Å²) in [5, 5.41) is 23.1. The average Bonchev–Trinajstić information content (AvgIpc) is 2.84. The summed E-state index contributed by atoms with van der Waals surface area (Å²) in [7, 11) is -3.15. The second kappa shape index (κ2) is 17.6. The highest BCUT2D eigenvalue weighted by Gasteiger charge is 2.28. The Labute approximate surface area is 228 Å². The summed E-state index contributed by atoms with van der Waals surface area (Å²) < 4.78 is 15.5. The summed E-state index contributed by atoms with van der Waals surface area (Å²) in [6.07, 6.45) is 4.79. The van der Waals surface area contributed by atoms with E-state index >= 15 is 0 Å². The Bertz CT molecular complexity index is 983. The molecule has 0 spiro atoms. The molecule has 0 saturated heterocycles. The number of amides is 3. The molecule has 0 aliphatic heterocycles. The highest BCUT2D eigenvalue weighted by atomic mass is 31.2. The zero-order valence-corrected chi connectivity index (χ0v) is 23.3. The predicted molar refractivity (Wildman–Crippen MR) is 142 cm³/mol. The maximum absolute atomic E-state index is 13.1. The first-order chi connectivity index (χ1) is 18.3. The van der Waals surface area contributed by atoms with E-state index in [0.29, 0.717) is 12.1 Å². The third-order valence-electron chi connectivity index (χ3n) is 5.82. The van der Waals surface area contributed by atoms with Crippen molar-refractivity contribution in [2.24, 2.45) is 0 Å². The van der Waals surface area contributed by atoms with Gasteiger partial charge in [0.1, 0.15) is 17.8 Å². The molecule has 14 heteroatoms. The van der Waals surface area contributed by atoms with E-state index in [1.165, 1.54) is 36.1 Å². The van der Waals surface area contributed by atoms with Gasteiger partial charge in [0.2, 0.25) is 17.7 Å². The Hall–Kier alpha value is -2.99. The number of nitrogens with one attached hydrogen (secondary N) is 2. The van der Waals surface area contributed by atoms with Gasteiger partial charge < -0.3 is 30.3 Å². The van der Waals surface area contributed by atoms with Crippen molar-refractivity contribution in [1.82, 2.24) is 15.5 Å². The molecule has 6 N–H and O–H groups in total. The molecule has 2 atom stereocenters. The number of aliphatic hydroxyl groups is 1. The first kappa shape index (κ1) is 34.0. The van der Waals surface area contributed by atoms with Crippen molar-refractivity contribution in [3.63, 3.8) is 0 Å². The number of likely N-dealkylation sites (N-methyl/N-ethyl adjacent to an activating group) is 1. The minimum Gasteiger partial charge on any atom is -0.481 e. The molecule has 13 nitrogen and oxygen atoms in total. The van der Waals surface area contributed by atoms with Crippen LogP contribution in [-0.2, 0) is 30.2 Å². The number of carboxylic acids is 1. The van der Waals surface area contributed by atoms with Gasteiger partial charge in [0.15, 0.2) is 0 Å². The van der Waals surface area contributed by atoms with Crippen molar-refractivity contribution < 1.29 is 48.3 Å². The molecule has 39 heavy (non-hydrogen) atoms. The topological polar surface area (TPSA) is 203 Å². The fraction of sp³-hybridized carbons (Fsp3) is 0.600. The van der Waals surface area contributed by atoms with Crippen LogP contribution in [0.5, 0.6) is 5.75 Å². The normalized spacial score (nSPS) is 12.7. The van der Waals surface area contributed by atoms with Crippen molar-refractivity contribution in [3.05, 3.63) is 29.8 Å². The second-order valence-corrected chi connectivity index (χ2v) is 10.4. The number of hydrogen-bond donors (Lipinski definition) is 6. The molecular weight excluding hydrogens is 533 g/mol. The summed E-state index contributed by atoms with van der Waals surface area (Å²) in [4.78, 5) is 68.4. The van der Waals surface area contributed by atoms with E-state index < -0.39 is 43.6 Å². The van der Waals surface area contributed by atoms with E-state index in [4.69, 9.17) is 20.0 Å². The number of aliphatic hydroxyl groups excluding tert-OH is 1. The van der Waals surface area contributed by atoms with Crippen molar-refractivity contribution in [3.8, 4) is 5.75 Å². The molecule has 0 radical (unpaired) electrons. The van der Waals surface area contributed by atoms with Crippen LogP contribution in [0.4, 0.5) is 0 Å². The zero-order chi connectivity index (χ0) is 29.4. The number of nitrogens with zero attached hydrogens (tertiary/aromatic N) is 1. The van der Waals surface area contributed by atoms with E-state index in [-0.39, 0.29) is 31.6 Å².